The second-order valence-electron chi connectivity index (χ2n) is 5.48. The highest BCUT2D eigenvalue weighted by molar-refractivity contribution is 5.00. The molecule has 2 saturated carbocycles. The third-order valence-electron chi connectivity index (χ3n) is 4.97. The van der Waals surface area contributed by atoms with Crippen molar-refractivity contribution in [1.82, 2.24) is 5.32 Å². The Kier molecular flexibility index (Phi) is 1.90. The Hall–Kier alpha value is -0.0400. The van der Waals surface area contributed by atoms with Gasteiger partial charge in [0.2, 0.25) is 0 Å². The zero-order chi connectivity index (χ0) is 8.73. The molecule has 1 N–H and O–H groups in total. The topological polar surface area (TPSA) is 12.0 Å². The Bertz CT molecular complexity index is 193. The van der Waals surface area contributed by atoms with Crippen LogP contribution in [0, 0.1) is 17.3 Å². The van der Waals surface area contributed by atoms with E-state index in [-0.39, 0.29) is 0 Å². The highest BCUT2D eigenvalue weighted by Gasteiger charge is 2.48. The number of hydrogen-bond acceptors (Lipinski definition) is 1. The third-order valence-corrected chi connectivity index (χ3v) is 4.97. The number of nitrogens with one attached hydrogen (secondary N) is 1. The van der Waals surface area contributed by atoms with Gasteiger partial charge in [0, 0.05) is 6.54 Å². The molecule has 1 nitrogen and oxygen atoms in total. The van der Waals surface area contributed by atoms with Crippen LogP contribution < -0.4 is 5.32 Å². The lowest BCUT2D eigenvalue weighted by molar-refractivity contribution is 0.0804. The first-order valence-electron chi connectivity index (χ1n) is 6.11. The molecule has 3 aliphatic rings. The van der Waals surface area contributed by atoms with Crippen LogP contribution in [0.3, 0.4) is 0 Å². The van der Waals surface area contributed by atoms with Gasteiger partial charge in [0.05, 0.1) is 0 Å². The van der Waals surface area contributed by atoms with E-state index in [1.807, 2.05) is 0 Å². The van der Waals surface area contributed by atoms with Gasteiger partial charge in [-0.3, -0.25) is 0 Å². The average molecular weight is 179 g/mol. The maximum absolute atomic E-state index is 3.60. The summed E-state index contributed by atoms with van der Waals surface area (Å²) >= 11 is 0. The molecule has 0 radical (unpaired) electrons. The monoisotopic (exact) mass is 179 g/mol. The molecule has 1 aliphatic heterocycles. The molecule has 2 aliphatic carbocycles. The largest absolute Gasteiger partial charge is 0.316 e. The third kappa shape index (κ3) is 1.16. The lowest BCUT2D eigenvalue weighted by atomic mass is 9.62. The molecule has 0 aromatic heterocycles. The van der Waals surface area contributed by atoms with Crippen LogP contribution in [-0.2, 0) is 0 Å². The van der Waals surface area contributed by atoms with Crippen LogP contribution in [0.15, 0.2) is 0 Å². The second-order valence-corrected chi connectivity index (χ2v) is 5.48. The highest BCUT2D eigenvalue weighted by atomic mass is 14.9. The molecular weight excluding hydrogens is 158 g/mol. The summed E-state index contributed by atoms with van der Waals surface area (Å²) in [5.41, 5.74) is 0.763. The van der Waals surface area contributed by atoms with E-state index < -0.39 is 0 Å². The van der Waals surface area contributed by atoms with Gasteiger partial charge >= 0.3 is 0 Å². The Morgan fingerprint density at radius 3 is 2.77 bits per heavy atom. The highest BCUT2D eigenvalue weighted by Crippen LogP contribution is 2.54. The van der Waals surface area contributed by atoms with E-state index in [2.05, 4.69) is 5.32 Å². The van der Waals surface area contributed by atoms with Crippen LogP contribution in [0.5, 0.6) is 0 Å². The summed E-state index contributed by atoms with van der Waals surface area (Å²) in [7, 11) is 0. The first-order valence-corrected chi connectivity index (χ1v) is 6.11. The molecule has 3 atom stereocenters. The molecule has 13 heavy (non-hydrogen) atoms. The number of rotatable bonds is 0. The Morgan fingerprint density at radius 2 is 1.92 bits per heavy atom. The molecule has 74 valence electrons. The van der Waals surface area contributed by atoms with Gasteiger partial charge in [-0.1, -0.05) is 25.7 Å². The smallest absolute Gasteiger partial charge is 0.00110 e. The number of hydrogen-bond donors (Lipinski definition) is 1. The fourth-order valence-corrected chi connectivity index (χ4v) is 4.38. The quantitative estimate of drug-likeness (QED) is 0.602. The van der Waals surface area contributed by atoms with Crippen molar-refractivity contribution >= 4 is 0 Å². The minimum atomic E-state index is 0.763. The Labute approximate surface area is 81.3 Å². The fraction of sp³-hybridized carbons (Fsp3) is 1.00. The normalized spacial score (nSPS) is 49.8. The van der Waals surface area contributed by atoms with Crippen molar-refractivity contribution in [3.8, 4) is 0 Å². The molecule has 0 bridgehead atoms. The average Bonchev–Trinajstić information content (AvgIpc) is 2.74. The van der Waals surface area contributed by atoms with Crippen molar-refractivity contribution in [2.24, 2.45) is 17.3 Å². The van der Waals surface area contributed by atoms with Crippen molar-refractivity contribution in [1.29, 1.82) is 0 Å². The standard InChI is InChI=1S/C12H21N/c1-3-10-4-2-6-12(11(10)5-1)7-8-13-9-12/h10-11,13H,1-9H2. The summed E-state index contributed by atoms with van der Waals surface area (Å²) < 4.78 is 0. The van der Waals surface area contributed by atoms with Crippen molar-refractivity contribution in [2.45, 2.75) is 44.9 Å². The molecular formula is C12H21N. The first kappa shape index (κ1) is 8.28. The van der Waals surface area contributed by atoms with E-state index in [0.29, 0.717) is 0 Å². The van der Waals surface area contributed by atoms with Gasteiger partial charge in [-0.25, -0.2) is 0 Å². The van der Waals surface area contributed by atoms with Gasteiger partial charge in [-0.2, -0.15) is 0 Å². The van der Waals surface area contributed by atoms with E-state index in [9.17, 15) is 0 Å². The fourth-order valence-electron chi connectivity index (χ4n) is 4.38. The number of fused-ring (bicyclic) bond motifs is 2. The predicted octanol–water partition coefficient (Wildman–Crippen LogP) is 2.57. The van der Waals surface area contributed by atoms with Gasteiger partial charge < -0.3 is 5.32 Å². The van der Waals surface area contributed by atoms with Gasteiger partial charge in [0.25, 0.3) is 0 Å². The van der Waals surface area contributed by atoms with Gasteiger partial charge in [0.15, 0.2) is 0 Å². The molecule has 3 fully saturated rings. The van der Waals surface area contributed by atoms with Crippen molar-refractivity contribution in [2.75, 3.05) is 13.1 Å². The predicted molar refractivity (Wildman–Crippen MR) is 54.6 cm³/mol. The van der Waals surface area contributed by atoms with Gasteiger partial charge in [0.1, 0.15) is 0 Å². The zero-order valence-electron chi connectivity index (χ0n) is 8.52. The van der Waals surface area contributed by atoms with Gasteiger partial charge in [-0.15, -0.1) is 0 Å². The van der Waals surface area contributed by atoms with Crippen LogP contribution in [0.2, 0.25) is 0 Å². The molecule has 0 amide bonds. The summed E-state index contributed by atoms with van der Waals surface area (Å²) in [6.45, 7) is 2.64. The Morgan fingerprint density at radius 1 is 1.00 bits per heavy atom. The Balaban J connectivity index is 1.85. The summed E-state index contributed by atoms with van der Waals surface area (Å²) in [6.07, 6.45) is 10.7. The molecule has 3 rings (SSSR count). The van der Waals surface area contributed by atoms with Crippen molar-refractivity contribution < 1.29 is 0 Å². The van der Waals surface area contributed by atoms with E-state index in [1.165, 1.54) is 38.8 Å². The maximum atomic E-state index is 3.60. The minimum Gasteiger partial charge on any atom is -0.316 e. The van der Waals surface area contributed by atoms with Crippen molar-refractivity contribution in [3.05, 3.63) is 0 Å². The first-order chi connectivity index (χ1) is 6.41. The summed E-state index contributed by atoms with van der Waals surface area (Å²) in [6, 6.07) is 0. The summed E-state index contributed by atoms with van der Waals surface area (Å²) in [5.74, 6) is 2.23. The molecule has 1 spiro atoms. The SMILES string of the molecule is C1CC2CCCC3(CCNC3)C2C1. The zero-order valence-corrected chi connectivity index (χ0v) is 8.52. The molecule has 3 unspecified atom stereocenters. The molecule has 1 saturated heterocycles. The molecule has 0 aromatic carbocycles. The lowest BCUT2D eigenvalue weighted by Gasteiger charge is -2.43. The molecule has 0 aromatic rings. The van der Waals surface area contributed by atoms with Crippen LogP contribution >= 0.6 is 0 Å². The minimum absolute atomic E-state index is 0.763. The van der Waals surface area contributed by atoms with E-state index in [1.54, 1.807) is 19.3 Å². The van der Waals surface area contributed by atoms with Crippen molar-refractivity contribution in [3.63, 3.8) is 0 Å². The van der Waals surface area contributed by atoms with E-state index in [0.717, 1.165) is 17.3 Å². The molecule has 1 heterocycles. The summed E-state index contributed by atoms with van der Waals surface area (Å²) in [4.78, 5) is 0. The van der Waals surface area contributed by atoms with Crippen LogP contribution in [0.4, 0.5) is 0 Å². The second kappa shape index (κ2) is 2.98. The van der Waals surface area contributed by atoms with Crippen LogP contribution in [0.1, 0.15) is 44.9 Å². The van der Waals surface area contributed by atoms with E-state index in [4.69, 9.17) is 0 Å². The lowest BCUT2D eigenvalue weighted by Crippen LogP contribution is -2.38. The maximum Gasteiger partial charge on any atom is 0.00110 e. The van der Waals surface area contributed by atoms with Gasteiger partial charge in [-0.05, 0) is 43.1 Å². The van der Waals surface area contributed by atoms with E-state index >= 15 is 0 Å². The molecule has 1 heteroatoms. The van der Waals surface area contributed by atoms with Crippen LogP contribution in [0.25, 0.3) is 0 Å². The van der Waals surface area contributed by atoms with Crippen LogP contribution in [-0.4, -0.2) is 13.1 Å². The summed E-state index contributed by atoms with van der Waals surface area (Å²) in [5, 5.41) is 3.60.